The SMILES string of the molecule is COC(=O)c1c(NC(=O)CCC2CCCC2)sc2c1CCC(C)C2. The number of rotatable bonds is 5. The van der Waals surface area contributed by atoms with E-state index in [4.69, 9.17) is 4.74 Å². The molecular formula is C19H27NO3S. The van der Waals surface area contributed by atoms with Gasteiger partial charge in [-0.1, -0.05) is 32.6 Å². The molecule has 0 spiro atoms. The number of fused-ring (bicyclic) bond motifs is 1. The molecule has 1 heterocycles. The summed E-state index contributed by atoms with van der Waals surface area (Å²) in [5.74, 6) is 1.03. The molecule has 1 atom stereocenters. The minimum atomic E-state index is -0.326. The molecule has 0 aliphatic heterocycles. The number of methoxy groups -OCH3 is 1. The fourth-order valence-corrected chi connectivity index (χ4v) is 5.40. The van der Waals surface area contributed by atoms with Gasteiger partial charge in [0, 0.05) is 11.3 Å². The van der Waals surface area contributed by atoms with E-state index < -0.39 is 0 Å². The average Bonchev–Trinajstić information content (AvgIpc) is 3.19. The lowest BCUT2D eigenvalue weighted by Crippen LogP contribution is -2.16. The number of ether oxygens (including phenoxy) is 1. The summed E-state index contributed by atoms with van der Waals surface area (Å²) in [6.07, 6.45) is 9.59. The number of nitrogens with one attached hydrogen (secondary N) is 1. The molecule has 0 radical (unpaired) electrons. The smallest absolute Gasteiger partial charge is 0.341 e. The van der Waals surface area contributed by atoms with Gasteiger partial charge in [0.1, 0.15) is 5.00 Å². The van der Waals surface area contributed by atoms with Crippen LogP contribution in [-0.4, -0.2) is 19.0 Å². The summed E-state index contributed by atoms with van der Waals surface area (Å²) in [5.41, 5.74) is 1.69. The van der Waals surface area contributed by atoms with E-state index in [1.54, 1.807) is 11.3 Å². The molecule has 4 nitrogen and oxygen atoms in total. The van der Waals surface area contributed by atoms with Crippen molar-refractivity contribution in [3.63, 3.8) is 0 Å². The molecule has 3 rings (SSSR count). The molecule has 24 heavy (non-hydrogen) atoms. The van der Waals surface area contributed by atoms with Crippen LogP contribution in [0.2, 0.25) is 0 Å². The maximum atomic E-state index is 12.4. The topological polar surface area (TPSA) is 55.4 Å². The third-order valence-electron chi connectivity index (χ3n) is 5.41. The minimum absolute atomic E-state index is 0.0266. The van der Waals surface area contributed by atoms with E-state index in [0.717, 1.165) is 31.2 Å². The Morgan fingerprint density at radius 3 is 2.71 bits per heavy atom. The molecule has 2 aliphatic rings. The molecule has 0 saturated heterocycles. The Bertz CT molecular complexity index is 616. The predicted molar refractivity (Wildman–Crippen MR) is 96.7 cm³/mol. The molecule has 132 valence electrons. The number of hydrogen-bond acceptors (Lipinski definition) is 4. The van der Waals surface area contributed by atoms with E-state index in [2.05, 4.69) is 12.2 Å². The fraction of sp³-hybridized carbons (Fsp3) is 0.684. The Labute approximate surface area is 148 Å². The number of thiophene rings is 1. The maximum Gasteiger partial charge on any atom is 0.341 e. The zero-order chi connectivity index (χ0) is 17.1. The van der Waals surface area contributed by atoms with Crippen molar-refractivity contribution >= 4 is 28.2 Å². The molecule has 2 aliphatic carbocycles. The van der Waals surface area contributed by atoms with Crippen molar-refractivity contribution in [1.82, 2.24) is 0 Å². The van der Waals surface area contributed by atoms with Crippen LogP contribution in [0.3, 0.4) is 0 Å². The molecule has 1 unspecified atom stereocenters. The zero-order valence-corrected chi connectivity index (χ0v) is 15.5. The van der Waals surface area contributed by atoms with Gasteiger partial charge in [-0.3, -0.25) is 4.79 Å². The van der Waals surface area contributed by atoms with Crippen molar-refractivity contribution in [3.05, 3.63) is 16.0 Å². The molecule has 1 saturated carbocycles. The van der Waals surface area contributed by atoms with Gasteiger partial charge in [0.2, 0.25) is 5.91 Å². The number of esters is 1. The van der Waals surface area contributed by atoms with E-state index in [-0.39, 0.29) is 11.9 Å². The van der Waals surface area contributed by atoms with E-state index >= 15 is 0 Å². The molecular weight excluding hydrogens is 322 g/mol. The molecule has 0 aromatic carbocycles. The Morgan fingerprint density at radius 1 is 1.25 bits per heavy atom. The summed E-state index contributed by atoms with van der Waals surface area (Å²) in [6, 6.07) is 0. The first-order valence-electron chi connectivity index (χ1n) is 9.11. The van der Waals surface area contributed by atoms with Gasteiger partial charge >= 0.3 is 5.97 Å². The van der Waals surface area contributed by atoms with Gasteiger partial charge < -0.3 is 10.1 Å². The van der Waals surface area contributed by atoms with Gasteiger partial charge in [-0.05, 0) is 43.1 Å². The summed E-state index contributed by atoms with van der Waals surface area (Å²) >= 11 is 1.56. The van der Waals surface area contributed by atoms with Crippen molar-refractivity contribution < 1.29 is 14.3 Å². The standard InChI is InChI=1S/C19H27NO3S/c1-12-7-9-14-15(11-12)24-18(17(14)19(22)23-2)20-16(21)10-8-13-5-3-4-6-13/h12-13H,3-11H2,1-2H3,(H,20,21). The molecule has 1 N–H and O–H groups in total. The normalized spacial score (nSPS) is 20.7. The summed E-state index contributed by atoms with van der Waals surface area (Å²) in [4.78, 5) is 25.8. The third-order valence-corrected chi connectivity index (χ3v) is 6.58. The van der Waals surface area contributed by atoms with E-state index in [1.165, 1.54) is 37.7 Å². The first-order chi connectivity index (χ1) is 11.6. The van der Waals surface area contributed by atoms with Crippen LogP contribution in [0.1, 0.15) is 72.7 Å². The van der Waals surface area contributed by atoms with Crippen LogP contribution in [0.4, 0.5) is 5.00 Å². The van der Waals surface area contributed by atoms with Gasteiger partial charge in [-0.2, -0.15) is 0 Å². The first-order valence-corrected chi connectivity index (χ1v) is 9.92. The van der Waals surface area contributed by atoms with E-state index in [1.807, 2.05) is 0 Å². The third kappa shape index (κ3) is 3.82. The quantitative estimate of drug-likeness (QED) is 0.792. The van der Waals surface area contributed by atoms with Gasteiger partial charge in [-0.15, -0.1) is 11.3 Å². The summed E-state index contributed by atoms with van der Waals surface area (Å²) < 4.78 is 4.97. The van der Waals surface area contributed by atoms with Crippen LogP contribution in [0.5, 0.6) is 0 Å². The van der Waals surface area contributed by atoms with Crippen LogP contribution >= 0.6 is 11.3 Å². The fourth-order valence-electron chi connectivity index (χ4n) is 3.98. The van der Waals surface area contributed by atoms with Gasteiger partial charge in [-0.25, -0.2) is 4.79 Å². The maximum absolute atomic E-state index is 12.4. The second-order valence-electron chi connectivity index (χ2n) is 7.28. The predicted octanol–water partition coefficient (Wildman–Crippen LogP) is 4.57. The minimum Gasteiger partial charge on any atom is -0.465 e. The number of carbonyl (C=O) groups is 2. The molecule has 1 amide bonds. The van der Waals surface area contributed by atoms with Gasteiger partial charge in [0.05, 0.1) is 12.7 Å². The van der Waals surface area contributed by atoms with Crippen molar-refractivity contribution in [3.8, 4) is 0 Å². The Hall–Kier alpha value is -1.36. The zero-order valence-electron chi connectivity index (χ0n) is 14.7. The van der Waals surface area contributed by atoms with Crippen molar-refractivity contribution in [2.24, 2.45) is 11.8 Å². The van der Waals surface area contributed by atoms with Crippen LogP contribution in [0, 0.1) is 11.8 Å². The highest BCUT2D eigenvalue weighted by molar-refractivity contribution is 7.17. The number of amides is 1. The molecule has 5 heteroatoms. The van der Waals surface area contributed by atoms with Crippen molar-refractivity contribution in [1.29, 1.82) is 0 Å². The highest BCUT2D eigenvalue weighted by atomic mass is 32.1. The van der Waals surface area contributed by atoms with E-state index in [9.17, 15) is 9.59 Å². The van der Waals surface area contributed by atoms with Gasteiger partial charge in [0.15, 0.2) is 0 Å². The lowest BCUT2D eigenvalue weighted by atomic mass is 9.88. The van der Waals surface area contributed by atoms with Crippen molar-refractivity contribution in [2.45, 2.75) is 64.7 Å². The van der Waals surface area contributed by atoms with Crippen LogP contribution in [0.25, 0.3) is 0 Å². The molecule has 1 aromatic heterocycles. The second-order valence-corrected chi connectivity index (χ2v) is 8.39. The average molecular weight is 349 g/mol. The van der Waals surface area contributed by atoms with Crippen LogP contribution < -0.4 is 5.32 Å². The first kappa shape index (κ1) is 17.5. The number of hydrogen-bond donors (Lipinski definition) is 1. The highest BCUT2D eigenvalue weighted by Crippen LogP contribution is 2.40. The lowest BCUT2D eigenvalue weighted by Gasteiger charge is -2.18. The van der Waals surface area contributed by atoms with Crippen LogP contribution in [-0.2, 0) is 22.4 Å². The largest absolute Gasteiger partial charge is 0.465 e. The summed E-state index contributed by atoms with van der Waals surface area (Å²) in [6.45, 7) is 2.24. The molecule has 1 aromatic rings. The molecule has 0 bridgehead atoms. The summed E-state index contributed by atoms with van der Waals surface area (Å²) in [7, 11) is 1.41. The monoisotopic (exact) mass is 349 g/mol. The Morgan fingerprint density at radius 2 is 2.00 bits per heavy atom. The van der Waals surface area contributed by atoms with Gasteiger partial charge in [0.25, 0.3) is 0 Å². The lowest BCUT2D eigenvalue weighted by molar-refractivity contribution is -0.116. The molecule has 1 fully saturated rings. The Balaban J connectivity index is 1.71. The second kappa shape index (κ2) is 7.68. The van der Waals surface area contributed by atoms with E-state index in [0.29, 0.717) is 28.8 Å². The number of carbonyl (C=O) groups excluding carboxylic acids is 2. The summed E-state index contributed by atoms with van der Waals surface area (Å²) in [5, 5.41) is 3.69. The van der Waals surface area contributed by atoms with Crippen molar-refractivity contribution in [2.75, 3.05) is 12.4 Å². The van der Waals surface area contributed by atoms with Crippen LogP contribution in [0.15, 0.2) is 0 Å². The number of anilines is 1. The Kier molecular flexibility index (Phi) is 5.59. The highest BCUT2D eigenvalue weighted by Gasteiger charge is 2.29.